The van der Waals surface area contributed by atoms with Gasteiger partial charge in [0.1, 0.15) is 10.1 Å². The fourth-order valence-electron chi connectivity index (χ4n) is 1.78. The topological polar surface area (TPSA) is 47.9 Å². The summed E-state index contributed by atoms with van der Waals surface area (Å²) >= 11 is 2.77. The van der Waals surface area contributed by atoms with Gasteiger partial charge < -0.3 is 9.47 Å². The lowest BCUT2D eigenvalue weighted by Crippen LogP contribution is -1.96. The Morgan fingerprint density at radius 2 is 2.14 bits per heavy atom. The van der Waals surface area contributed by atoms with E-state index in [-0.39, 0.29) is 5.12 Å². The molecular weight excluding hydrogens is 306 g/mol. The van der Waals surface area contributed by atoms with Crippen LogP contribution in [-0.4, -0.2) is 29.0 Å². The highest BCUT2D eigenvalue weighted by molar-refractivity contribution is 8.45. The number of aliphatic imine (C=N–C) groups is 1. The van der Waals surface area contributed by atoms with Gasteiger partial charge in [-0.05, 0) is 48.2 Å². The maximum absolute atomic E-state index is 11.9. The summed E-state index contributed by atoms with van der Waals surface area (Å²) < 4.78 is 11.6. The molecule has 0 aliphatic carbocycles. The Kier molecular flexibility index (Phi) is 5.76. The fourth-order valence-corrected chi connectivity index (χ4v) is 3.52. The van der Waals surface area contributed by atoms with Crippen molar-refractivity contribution >= 4 is 39.1 Å². The SMILES string of the molecule is CCOc1cc(/C=C2/N=C(SCC)SC2=O)ccc1OC. The zero-order valence-electron chi connectivity index (χ0n) is 12.2. The van der Waals surface area contributed by atoms with Crippen LogP contribution in [-0.2, 0) is 4.79 Å². The van der Waals surface area contributed by atoms with Crippen molar-refractivity contribution < 1.29 is 14.3 Å². The lowest BCUT2D eigenvalue weighted by molar-refractivity contribution is -0.107. The number of hydrogen-bond donors (Lipinski definition) is 0. The lowest BCUT2D eigenvalue weighted by Gasteiger charge is -2.09. The van der Waals surface area contributed by atoms with Crippen LogP contribution >= 0.6 is 23.5 Å². The van der Waals surface area contributed by atoms with Crippen LogP contribution in [0.15, 0.2) is 28.9 Å². The van der Waals surface area contributed by atoms with Crippen molar-refractivity contribution in [3.63, 3.8) is 0 Å². The van der Waals surface area contributed by atoms with Gasteiger partial charge in [-0.2, -0.15) is 0 Å². The van der Waals surface area contributed by atoms with E-state index in [9.17, 15) is 4.79 Å². The first-order valence-corrected chi connectivity index (χ1v) is 8.44. The van der Waals surface area contributed by atoms with Gasteiger partial charge in [0.25, 0.3) is 0 Å². The van der Waals surface area contributed by atoms with Gasteiger partial charge >= 0.3 is 0 Å². The van der Waals surface area contributed by atoms with Crippen molar-refractivity contribution in [1.29, 1.82) is 0 Å². The van der Waals surface area contributed by atoms with E-state index in [1.165, 1.54) is 11.8 Å². The largest absolute Gasteiger partial charge is 0.493 e. The summed E-state index contributed by atoms with van der Waals surface area (Å²) in [6.07, 6.45) is 1.78. The Labute approximate surface area is 133 Å². The molecule has 6 heteroatoms. The summed E-state index contributed by atoms with van der Waals surface area (Å²) in [6.45, 7) is 4.51. The number of nitrogens with zero attached hydrogens (tertiary/aromatic N) is 1. The normalized spacial score (nSPS) is 16.2. The molecule has 0 aromatic heterocycles. The van der Waals surface area contributed by atoms with E-state index in [2.05, 4.69) is 4.99 Å². The number of hydrogen-bond acceptors (Lipinski definition) is 6. The molecule has 1 aliphatic rings. The second-order valence-corrected chi connectivity index (χ2v) is 6.55. The van der Waals surface area contributed by atoms with Crippen molar-refractivity contribution in [1.82, 2.24) is 0 Å². The first kappa shape index (κ1) is 16.0. The Bertz CT molecular complexity index is 597. The van der Waals surface area contributed by atoms with Gasteiger partial charge in [0.15, 0.2) is 11.5 Å². The number of benzene rings is 1. The minimum absolute atomic E-state index is 0.0141. The fraction of sp³-hybridized carbons (Fsp3) is 0.333. The van der Waals surface area contributed by atoms with Crippen molar-refractivity contribution in [3.05, 3.63) is 29.5 Å². The highest BCUT2D eigenvalue weighted by Gasteiger charge is 2.22. The Morgan fingerprint density at radius 3 is 2.81 bits per heavy atom. The predicted octanol–water partition coefficient (Wildman–Crippen LogP) is 3.82. The van der Waals surface area contributed by atoms with Crippen LogP contribution in [0.1, 0.15) is 19.4 Å². The highest BCUT2D eigenvalue weighted by atomic mass is 32.2. The highest BCUT2D eigenvalue weighted by Crippen LogP contribution is 2.33. The van der Waals surface area contributed by atoms with E-state index in [1.807, 2.05) is 32.0 Å². The Balaban J connectivity index is 2.28. The molecule has 0 saturated carbocycles. The third-order valence-electron chi connectivity index (χ3n) is 2.66. The van der Waals surface area contributed by atoms with Crippen LogP contribution in [0.2, 0.25) is 0 Å². The number of rotatable bonds is 5. The van der Waals surface area contributed by atoms with Crippen molar-refractivity contribution in [2.24, 2.45) is 4.99 Å². The molecule has 0 N–H and O–H groups in total. The number of carbonyl (C=O) groups excluding carboxylic acids is 1. The summed E-state index contributed by atoms with van der Waals surface area (Å²) in [7, 11) is 1.60. The molecule has 0 fully saturated rings. The molecule has 0 saturated heterocycles. The van der Waals surface area contributed by atoms with E-state index in [1.54, 1.807) is 24.9 Å². The minimum atomic E-state index is -0.0141. The molecule has 0 bridgehead atoms. The van der Waals surface area contributed by atoms with Gasteiger partial charge in [-0.15, -0.1) is 0 Å². The first-order valence-electron chi connectivity index (χ1n) is 6.64. The molecular formula is C15H17NO3S2. The van der Waals surface area contributed by atoms with E-state index in [0.717, 1.165) is 15.7 Å². The van der Waals surface area contributed by atoms with Gasteiger partial charge in [-0.3, -0.25) is 4.79 Å². The molecule has 0 spiro atoms. The number of methoxy groups -OCH3 is 1. The van der Waals surface area contributed by atoms with E-state index in [0.29, 0.717) is 23.8 Å². The summed E-state index contributed by atoms with van der Waals surface area (Å²) in [6, 6.07) is 5.57. The van der Waals surface area contributed by atoms with Crippen LogP contribution in [0.3, 0.4) is 0 Å². The third kappa shape index (κ3) is 4.04. The maximum Gasteiger partial charge on any atom is 0.244 e. The second kappa shape index (κ2) is 7.56. The summed E-state index contributed by atoms with van der Waals surface area (Å²) in [5.41, 5.74) is 1.35. The molecule has 1 aliphatic heterocycles. The average Bonchev–Trinajstić information content (AvgIpc) is 2.80. The first-order chi connectivity index (χ1) is 10.2. The van der Waals surface area contributed by atoms with Crippen LogP contribution in [0, 0.1) is 0 Å². The smallest absolute Gasteiger partial charge is 0.244 e. The molecule has 0 amide bonds. The summed E-state index contributed by atoms with van der Waals surface area (Å²) in [5, 5.41) is -0.0141. The van der Waals surface area contributed by atoms with E-state index in [4.69, 9.17) is 9.47 Å². The Hall–Kier alpha value is -1.40. The summed E-state index contributed by atoms with van der Waals surface area (Å²) in [4.78, 5) is 16.3. The minimum Gasteiger partial charge on any atom is -0.493 e. The number of thioether (sulfide) groups is 2. The van der Waals surface area contributed by atoms with Gasteiger partial charge in [0.05, 0.1) is 13.7 Å². The summed E-state index contributed by atoms with van der Waals surface area (Å²) in [5.74, 6) is 2.25. The zero-order chi connectivity index (χ0) is 15.2. The monoisotopic (exact) mass is 323 g/mol. The molecule has 0 unspecified atom stereocenters. The van der Waals surface area contributed by atoms with E-state index < -0.39 is 0 Å². The molecule has 2 rings (SSSR count). The number of ether oxygens (including phenoxy) is 2. The van der Waals surface area contributed by atoms with Gasteiger partial charge in [0, 0.05) is 0 Å². The molecule has 112 valence electrons. The Morgan fingerprint density at radius 1 is 1.33 bits per heavy atom. The van der Waals surface area contributed by atoms with Crippen LogP contribution < -0.4 is 9.47 Å². The standard InChI is InChI=1S/C15H17NO3S2/c1-4-19-13-9-10(6-7-12(13)18-3)8-11-14(17)21-15(16-11)20-5-2/h6-9H,4-5H2,1-3H3/b11-8+. The molecule has 1 aromatic carbocycles. The third-order valence-corrected chi connectivity index (χ3v) is 4.55. The van der Waals surface area contributed by atoms with Crippen molar-refractivity contribution in [2.45, 2.75) is 13.8 Å². The second-order valence-electron chi connectivity index (χ2n) is 4.07. The van der Waals surface area contributed by atoms with Crippen molar-refractivity contribution in [3.8, 4) is 11.5 Å². The maximum atomic E-state index is 11.9. The quantitative estimate of drug-likeness (QED) is 0.771. The average molecular weight is 323 g/mol. The van der Waals surface area contributed by atoms with Crippen molar-refractivity contribution in [2.75, 3.05) is 19.5 Å². The molecule has 21 heavy (non-hydrogen) atoms. The lowest BCUT2D eigenvalue weighted by atomic mass is 10.1. The molecule has 1 heterocycles. The van der Waals surface area contributed by atoms with Crippen LogP contribution in [0.5, 0.6) is 11.5 Å². The number of carbonyl (C=O) groups is 1. The van der Waals surface area contributed by atoms with Gasteiger partial charge in [0.2, 0.25) is 5.12 Å². The molecule has 0 radical (unpaired) electrons. The zero-order valence-corrected chi connectivity index (χ0v) is 13.8. The molecule has 0 atom stereocenters. The van der Waals surface area contributed by atoms with Gasteiger partial charge in [-0.1, -0.05) is 24.8 Å². The molecule has 4 nitrogen and oxygen atoms in total. The van der Waals surface area contributed by atoms with Gasteiger partial charge in [-0.25, -0.2) is 4.99 Å². The predicted molar refractivity (Wildman–Crippen MR) is 90.3 cm³/mol. The van der Waals surface area contributed by atoms with Crippen LogP contribution in [0.4, 0.5) is 0 Å². The van der Waals surface area contributed by atoms with Crippen LogP contribution in [0.25, 0.3) is 6.08 Å². The molecule has 1 aromatic rings. The van der Waals surface area contributed by atoms with E-state index >= 15 is 0 Å².